The highest BCUT2D eigenvalue weighted by atomic mass is 16.1. The maximum absolute atomic E-state index is 11.8. The maximum atomic E-state index is 11.8. The van der Waals surface area contributed by atoms with Crippen LogP contribution in [0.4, 0.5) is 0 Å². The predicted molar refractivity (Wildman–Crippen MR) is 78.4 cm³/mol. The zero-order chi connectivity index (χ0) is 14.0. The highest BCUT2D eigenvalue weighted by molar-refractivity contribution is 5.75. The van der Waals surface area contributed by atoms with Gasteiger partial charge in [-0.1, -0.05) is 40.5 Å². The monoisotopic (exact) mass is 256 g/mol. The quantitative estimate of drug-likeness (QED) is 0.631. The molecule has 3 heteroatoms. The van der Waals surface area contributed by atoms with Crippen molar-refractivity contribution in [3.05, 3.63) is 0 Å². The Kier molecular flexibility index (Phi) is 9.08. The van der Waals surface area contributed by atoms with Gasteiger partial charge in [-0.15, -0.1) is 0 Å². The van der Waals surface area contributed by atoms with Crippen molar-refractivity contribution in [3.63, 3.8) is 0 Å². The van der Waals surface area contributed by atoms with Gasteiger partial charge in [-0.2, -0.15) is 0 Å². The summed E-state index contributed by atoms with van der Waals surface area (Å²) in [6.45, 7) is 10.2. The highest BCUT2D eigenvalue weighted by Gasteiger charge is 2.16. The van der Waals surface area contributed by atoms with E-state index in [1.165, 1.54) is 12.8 Å². The van der Waals surface area contributed by atoms with Crippen molar-refractivity contribution in [2.45, 2.75) is 66.2 Å². The van der Waals surface area contributed by atoms with Gasteiger partial charge in [0.15, 0.2) is 0 Å². The summed E-state index contributed by atoms with van der Waals surface area (Å²) in [5.41, 5.74) is 5.80. The van der Waals surface area contributed by atoms with E-state index < -0.39 is 0 Å². The second kappa shape index (κ2) is 9.37. The number of hydrogen-bond acceptors (Lipinski definition) is 2. The van der Waals surface area contributed by atoms with Crippen molar-refractivity contribution >= 4 is 5.91 Å². The minimum atomic E-state index is 0.189. The van der Waals surface area contributed by atoms with E-state index in [4.69, 9.17) is 5.73 Å². The Labute approximate surface area is 113 Å². The van der Waals surface area contributed by atoms with Gasteiger partial charge < -0.3 is 11.1 Å². The smallest absolute Gasteiger partial charge is 0.220 e. The van der Waals surface area contributed by atoms with Crippen LogP contribution >= 0.6 is 0 Å². The van der Waals surface area contributed by atoms with Crippen LogP contribution in [0.15, 0.2) is 0 Å². The summed E-state index contributed by atoms with van der Waals surface area (Å²) in [7, 11) is 0. The minimum Gasteiger partial charge on any atom is -0.356 e. The number of carbonyl (C=O) groups is 1. The maximum Gasteiger partial charge on any atom is 0.220 e. The molecule has 1 unspecified atom stereocenters. The molecule has 0 aliphatic heterocycles. The Hall–Kier alpha value is -0.570. The first-order chi connectivity index (χ1) is 8.45. The molecule has 108 valence electrons. The van der Waals surface area contributed by atoms with Crippen molar-refractivity contribution in [3.8, 4) is 0 Å². The van der Waals surface area contributed by atoms with Crippen molar-refractivity contribution in [1.29, 1.82) is 0 Å². The SMILES string of the molecule is CCCC(CCN)CCC(=O)NCC(C)(C)CC. The molecule has 0 aromatic carbocycles. The third-order valence-corrected chi connectivity index (χ3v) is 3.77. The van der Waals surface area contributed by atoms with Crippen LogP contribution in [0.1, 0.15) is 66.2 Å². The molecule has 0 saturated carbocycles. The summed E-state index contributed by atoms with van der Waals surface area (Å²) < 4.78 is 0. The molecule has 3 N–H and O–H groups in total. The molecule has 0 aliphatic carbocycles. The number of carbonyl (C=O) groups excluding carboxylic acids is 1. The summed E-state index contributed by atoms with van der Waals surface area (Å²) in [6, 6.07) is 0. The van der Waals surface area contributed by atoms with E-state index in [0.29, 0.717) is 12.3 Å². The van der Waals surface area contributed by atoms with Gasteiger partial charge in [0.05, 0.1) is 0 Å². The lowest BCUT2D eigenvalue weighted by molar-refractivity contribution is -0.121. The van der Waals surface area contributed by atoms with Gasteiger partial charge in [-0.05, 0) is 37.1 Å². The molecule has 3 nitrogen and oxygen atoms in total. The third-order valence-electron chi connectivity index (χ3n) is 3.77. The van der Waals surface area contributed by atoms with E-state index >= 15 is 0 Å². The lowest BCUT2D eigenvalue weighted by atomic mass is 9.90. The van der Waals surface area contributed by atoms with Crippen molar-refractivity contribution in [2.24, 2.45) is 17.1 Å². The number of hydrogen-bond donors (Lipinski definition) is 2. The molecule has 0 fully saturated rings. The fraction of sp³-hybridized carbons (Fsp3) is 0.933. The molecule has 1 amide bonds. The van der Waals surface area contributed by atoms with Gasteiger partial charge >= 0.3 is 0 Å². The van der Waals surface area contributed by atoms with Crippen LogP contribution in [0.3, 0.4) is 0 Å². The molecule has 0 aromatic rings. The topological polar surface area (TPSA) is 55.1 Å². The molecular formula is C15H32N2O. The van der Waals surface area contributed by atoms with E-state index in [1.54, 1.807) is 0 Å². The predicted octanol–water partition coefficient (Wildman–Crippen LogP) is 3.08. The van der Waals surface area contributed by atoms with Crippen LogP contribution in [0.25, 0.3) is 0 Å². The molecule has 0 saturated heterocycles. The van der Waals surface area contributed by atoms with Crippen molar-refractivity contribution < 1.29 is 4.79 Å². The summed E-state index contributed by atoms with van der Waals surface area (Å²) in [5.74, 6) is 0.805. The molecule has 0 heterocycles. The first-order valence-corrected chi connectivity index (χ1v) is 7.42. The van der Waals surface area contributed by atoms with Gasteiger partial charge in [-0.3, -0.25) is 4.79 Å². The van der Waals surface area contributed by atoms with Crippen LogP contribution in [-0.2, 0) is 4.79 Å². The molecule has 0 radical (unpaired) electrons. The van der Waals surface area contributed by atoms with Gasteiger partial charge in [0.2, 0.25) is 5.91 Å². The minimum absolute atomic E-state index is 0.189. The normalized spacial score (nSPS) is 13.4. The lowest BCUT2D eigenvalue weighted by Crippen LogP contribution is -2.33. The van der Waals surface area contributed by atoms with Crippen LogP contribution in [0, 0.1) is 11.3 Å². The zero-order valence-corrected chi connectivity index (χ0v) is 12.7. The number of amides is 1. The van der Waals surface area contributed by atoms with Gasteiger partial charge in [0, 0.05) is 13.0 Å². The molecule has 0 aliphatic rings. The molecule has 18 heavy (non-hydrogen) atoms. The molecule has 0 bridgehead atoms. The van der Waals surface area contributed by atoms with Crippen molar-refractivity contribution in [1.82, 2.24) is 5.32 Å². The van der Waals surface area contributed by atoms with Gasteiger partial charge in [0.25, 0.3) is 0 Å². The largest absolute Gasteiger partial charge is 0.356 e. The van der Waals surface area contributed by atoms with E-state index in [0.717, 1.165) is 32.4 Å². The summed E-state index contributed by atoms with van der Waals surface area (Å²) in [4.78, 5) is 11.8. The van der Waals surface area contributed by atoms with Crippen LogP contribution in [0.5, 0.6) is 0 Å². The average Bonchev–Trinajstić information content (AvgIpc) is 2.34. The molecule has 0 rings (SSSR count). The molecule has 1 atom stereocenters. The van der Waals surface area contributed by atoms with Crippen LogP contribution in [-0.4, -0.2) is 19.0 Å². The Bertz CT molecular complexity index is 221. The Morgan fingerprint density at radius 2 is 1.89 bits per heavy atom. The highest BCUT2D eigenvalue weighted by Crippen LogP contribution is 2.19. The second-order valence-electron chi connectivity index (χ2n) is 6.07. The second-order valence-corrected chi connectivity index (χ2v) is 6.07. The summed E-state index contributed by atoms with van der Waals surface area (Å²) in [5, 5.41) is 3.04. The van der Waals surface area contributed by atoms with E-state index in [1.807, 2.05) is 0 Å². The van der Waals surface area contributed by atoms with Crippen LogP contribution < -0.4 is 11.1 Å². The fourth-order valence-electron chi connectivity index (χ4n) is 1.96. The molecule has 0 spiro atoms. The van der Waals surface area contributed by atoms with E-state index in [9.17, 15) is 4.79 Å². The Morgan fingerprint density at radius 1 is 1.22 bits per heavy atom. The number of rotatable bonds is 10. The fourth-order valence-corrected chi connectivity index (χ4v) is 1.96. The standard InChI is InChI=1S/C15H32N2O/c1-5-7-13(10-11-16)8-9-14(18)17-12-15(3,4)6-2/h13H,5-12,16H2,1-4H3,(H,17,18). The molecular weight excluding hydrogens is 224 g/mol. The first-order valence-electron chi connectivity index (χ1n) is 7.42. The Balaban J connectivity index is 3.86. The van der Waals surface area contributed by atoms with Gasteiger partial charge in [-0.25, -0.2) is 0 Å². The molecule has 0 aromatic heterocycles. The van der Waals surface area contributed by atoms with Crippen molar-refractivity contribution in [2.75, 3.05) is 13.1 Å². The first kappa shape index (κ1) is 17.4. The average molecular weight is 256 g/mol. The third kappa shape index (κ3) is 8.51. The van der Waals surface area contributed by atoms with E-state index in [-0.39, 0.29) is 11.3 Å². The summed E-state index contributed by atoms with van der Waals surface area (Å²) >= 11 is 0. The number of nitrogens with one attached hydrogen (secondary N) is 1. The zero-order valence-electron chi connectivity index (χ0n) is 12.7. The number of nitrogens with two attached hydrogens (primary N) is 1. The van der Waals surface area contributed by atoms with Gasteiger partial charge in [0.1, 0.15) is 0 Å². The Morgan fingerprint density at radius 3 is 2.39 bits per heavy atom. The lowest BCUT2D eigenvalue weighted by Gasteiger charge is -2.23. The van der Waals surface area contributed by atoms with Crippen LogP contribution in [0.2, 0.25) is 0 Å². The summed E-state index contributed by atoms with van der Waals surface area (Å²) in [6.07, 6.45) is 6.11. The van der Waals surface area contributed by atoms with E-state index in [2.05, 4.69) is 33.0 Å².